The van der Waals surface area contributed by atoms with Crippen molar-refractivity contribution >= 4 is 73.0 Å². The number of rotatable bonds is 7. The van der Waals surface area contributed by atoms with Crippen LogP contribution in [0.5, 0.6) is 0 Å². The topological polar surface area (TPSA) is 88.5 Å². The van der Waals surface area contributed by atoms with Crippen LogP contribution in [0.3, 0.4) is 0 Å². The van der Waals surface area contributed by atoms with Gasteiger partial charge in [0.2, 0.25) is 0 Å². The van der Waals surface area contributed by atoms with Crippen molar-refractivity contribution in [2.45, 2.75) is 31.8 Å². The lowest BCUT2D eigenvalue weighted by molar-refractivity contribution is -0.140. The summed E-state index contributed by atoms with van der Waals surface area (Å²) in [4.78, 5) is 27.2. The Balaban J connectivity index is 1.21. The zero-order valence-corrected chi connectivity index (χ0v) is 23.3. The Hall–Kier alpha value is -3.24. The van der Waals surface area contributed by atoms with Gasteiger partial charge in [-0.15, -0.1) is 22.7 Å². The normalized spacial score (nSPS) is 13.9. The lowest BCUT2D eigenvalue weighted by Crippen LogP contribution is -2.19. The van der Waals surface area contributed by atoms with Gasteiger partial charge in [0.05, 0.1) is 26.6 Å². The number of benzene rings is 2. The SMILES string of the molecule is Cc1nsc(-c2cc3sc(-c4ccc(C5(C(=O)O)CC5)c(Cl)c4)cc3s2)c1NC(=O)OCc1ccccc1. The van der Waals surface area contributed by atoms with E-state index in [4.69, 9.17) is 16.3 Å². The number of anilines is 1. The first-order valence-electron chi connectivity index (χ1n) is 11.9. The molecule has 38 heavy (non-hydrogen) atoms. The third kappa shape index (κ3) is 4.60. The van der Waals surface area contributed by atoms with Crippen molar-refractivity contribution in [3.63, 3.8) is 0 Å². The summed E-state index contributed by atoms with van der Waals surface area (Å²) in [6.07, 6.45) is 0.727. The number of halogens is 1. The highest BCUT2D eigenvalue weighted by Gasteiger charge is 2.52. The first-order chi connectivity index (χ1) is 18.3. The van der Waals surface area contributed by atoms with Gasteiger partial charge in [-0.2, -0.15) is 4.37 Å². The molecule has 0 bridgehead atoms. The number of aliphatic carboxylic acids is 1. The second-order valence-electron chi connectivity index (χ2n) is 9.19. The number of amides is 1. The van der Waals surface area contributed by atoms with E-state index in [-0.39, 0.29) is 6.61 Å². The van der Waals surface area contributed by atoms with Gasteiger partial charge >= 0.3 is 12.1 Å². The van der Waals surface area contributed by atoms with E-state index in [1.165, 1.54) is 11.5 Å². The highest BCUT2D eigenvalue weighted by atomic mass is 35.5. The molecule has 2 aromatic carbocycles. The Morgan fingerprint density at radius 1 is 1.05 bits per heavy atom. The molecule has 1 saturated carbocycles. The van der Waals surface area contributed by atoms with Gasteiger partial charge in [-0.05, 0) is 66.2 Å². The lowest BCUT2D eigenvalue weighted by Gasteiger charge is -2.13. The molecule has 1 fully saturated rings. The van der Waals surface area contributed by atoms with Crippen LogP contribution >= 0.6 is 45.8 Å². The fourth-order valence-corrected chi connectivity index (χ4v) is 8.11. The Morgan fingerprint density at radius 2 is 1.76 bits per heavy atom. The molecule has 0 saturated heterocycles. The van der Waals surface area contributed by atoms with E-state index in [1.54, 1.807) is 22.7 Å². The van der Waals surface area contributed by atoms with E-state index in [1.807, 2.05) is 55.5 Å². The van der Waals surface area contributed by atoms with Gasteiger partial charge in [0.15, 0.2) is 0 Å². The number of carboxylic acids is 1. The van der Waals surface area contributed by atoms with Crippen LogP contribution in [-0.4, -0.2) is 21.5 Å². The van der Waals surface area contributed by atoms with E-state index in [9.17, 15) is 14.7 Å². The number of aryl methyl sites for hydroxylation is 1. The zero-order valence-electron chi connectivity index (χ0n) is 20.1. The van der Waals surface area contributed by atoms with E-state index < -0.39 is 17.5 Å². The number of ether oxygens (including phenoxy) is 1. The largest absolute Gasteiger partial charge is 0.481 e. The third-order valence-electron chi connectivity index (χ3n) is 6.66. The number of nitrogens with zero attached hydrogens (tertiary/aromatic N) is 1. The van der Waals surface area contributed by atoms with Crippen LogP contribution in [0.1, 0.15) is 29.7 Å². The molecule has 1 aliphatic carbocycles. The number of nitrogens with one attached hydrogen (secondary N) is 1. The van der Waals surface area contributed by atoms with Crippen LogP contribution in [0.15, 0.2) is 60.7 Å². The van der Waals surface area contributed by atoms with Crippen LogP contribution in [0.25, 0.3) is 29.6 Å². The molecule has 192 valence electrons. The molecule has 0 atom stereocenters. The summed E-state index contributed by atoms with van der Waals surface area (Å²) in [5.41, 5.74) is 3.15. The van der Waals surface area contributed by atoms with Crippen molar-refractivity contribution in [3.05, 3.63) is 82.5 Å². The molecule has 6 nitrogen and oxygen atoms in total. The smallest absolute Gasteiger partial charge is 0.412 e. The molecule has 0 unspecified atom stereocenters. The van der Waals surface area contributed by atoms with Crippen molar-refractivity contribution in [1.82, 2.24) is 4.37 Å². The van der Waals surface area contributed by atoms with E-state index in [0.717, 1.165) is 40.9 Å². The summed E-state index contributed by atoms with van der Waals surface area (Å²) in [7, 11) is 0. The average Bonchev–Trinajstić information content (AvgIpc) is 3.30. The Labute approximate surface area is 235 Å². The minimum Gasteiger partial charge on any atom is -0.481 e. The number of carbonyl (C=O) groups excluding carboxylic acids is 1. The van der Waals surface area contributed by atoms with E-state index in [2.05, 4.69) is 21.8 Å². The van der Waals surface area contributed by atoms with Crippen molar-refractivity contribution in [3.8, 4) is 20.2 Å². The molecule has 1 amide bonds. The Morgan fingerprint density at radius 3 is 2.45 bits per heavy atom. The number of hydrogen-bond acceptors (Lipinski definition) is 7. The Kier molecular flexibility index (Phi) is 6.47. The van der Waals surface area contributed by atoms with Crippen molar-refractivity contribution in [2.24, 2.45) is 0 Å². The highest BCUT2D eigenvalue weighted by Crippen LogP contribution is 2.52. The van der Waals surface area contributed by atoms with Crippen LogP contribution in [-0.2, 0) is 21.6 Å². The van der Waals surface area contributed by atoms with E-state index in [0.29, 0.717) is 29.1 Å². The molecule has 0 aliphatic heterocycles. The minimum absolute atomic E-state index is 0.193. The summed E-state index contributed by atoms with van der Waals surface area (Å²) >= 11 is 11.2. The maximum Gasteiger partial charge on any atom is 0.412 e. The molecule has 0 spiro atoms. The van der Waals surface area contributed by atoms with Crippen LogP contribution in [0.4, 0.5) is 10.5 Å². The molecule has 2 N–H and O–H groups in total. The molecule has 5 aromatic rings. The second-order valence-corrected chi connectivity index (χ2v) is 12.5. The number of carbonyl (C=O) groups is 2. The Bertz CT molecular complexity index is 1650. The second kappa shape index (κ2) is 9.81. The van der Waals surface area contributed by atoms with Crippen LogP contribution in [0, 0.1) is 6.92 Å². The summed E-state index contributed by atoms with van der Waals surface area (Å²) in [5.74, 6) is -0.812. The average molecular weight is 581 g/mol. The molecular formula is C28H21ClN2O4S3. The zero-order chi connectivity index (χ0) is 26.4. The number of hydrogen-bond donors (Lipinski definition) is 2. The van der Waals surface area contributed by atoms with Crippen molar-refractivity contribution < 1.29 is 19.4 Å². The molecule has 1 aliphatic rings. The minimum atomic E-state index is -0.826. The first kappa shape index (κ1) is 25.1. The predicted octanol–water partition coefficient (Wildman–Crippen LogP) is 8.58. The molecule has 3 aromatic heterocycles. The lowest BCUT2D eigenvalue weighted by atomic mass is 9.95. The fourth-order valence-electron chi connectivity index (χ4n) is 4.42. The molecule has 3 heterocycles. The van der Waals surface area contributed by atoms with Gasteiger partial charge < -0.3 is 9.84 Å². The number of fused-ring (bicyclic) bond motifs is 1. The van der Waals surface area contributed by atoms with Gasteiger partial charge in [0, 0.05) is 19.3 Å². The number of carboxylic acid groups (broad SMARTS) is 1. The van der Waals surface area contributed by atoms with Gasteiger partial charge in [-0.1, -0.05) is 54.1 Å². The third-order valence-corrected chi connectivity index (χ3v) is 10.4. The monoisotopic (exact) mass is 580 g/mol. The standard InChI is InChI=1S/C28H21ClN2O4S3/c1-15-24(30-27(34)35-14-16-5-3-2-4-6-16)25(38-31-15)23-13-22-21(37-23)12-20(36-22)17-7-8-18(19(29)11-17)28(9-10-28)26(32)33/h2-8,11-13H,9-10,14H2,1H3,(H,30,34)(H,32,33). The summed E-state index contributed by atoms with van der Waals surface area (Å²) in [6, 6.07) is 19.5. The van der Waals surface area contributed by atoms with Gasteiger partial charge in [-0.3, -0.25) is 10.1 Å². The van der Waals surface area contributed by atoms with Crippen LogP contribution in [0.2, 0.25) is 5.02 Å². The molecular weight excluding hydrogens is 560 g/mol. The molecule has 0 radical (unpaired) electrons. The fraction of sp³-hybridized carbons (Fsp3) is 0.179. The highest BCUT2D eigenvalue weighted by molar-refractivity contribution is 7.32. The maximum absolute atomic E-state index is 12.5. The summed E-state index contributed by atoms with van der Waals surface area (Å²) in [5, 5.41) is 13.0. The quantitative estimate of drug-likeness (QED) is 0.201. The van der Waals surface area contributed by atoms with Gasteiger partial charge in [-0.25, -0.2) is 4.79 Å². The van der Waals surface area contributed by atoms with E-state index >= 15 is 0 Å². The first-order valence-corrected chi connectivity index (χ1v) is 14.6. The van der Waals surface area contributed by atoms with Crippen molar-refractivity contribution in [2.75, 3.05) is 5.32 Å². The van der Waals surface area contributed by atoms with Gasteiger partial charge in [0.25, 0.3) is 0 Å². The summed E-state index contributed by atoms with van der Waals surface area (Å²) in [6.45, 7) is 2.06. The number of thiophene rings is 2. The van der Waals surface area contributed by atoms with Gasteiger partial charge in [0.1, 0.15) is 6.61 Å². The van der Waals surface area contributed by atoms with Crippen LogP contribution < -0.4 is 5.32 Å². The predicted molar refractivity (Wildman–Crippen MR) is 155 cm³/mol. The molecule has 10 heteroatoms. The summed E-state index contributed by atoms with van der Waals surface area (Å²) < 4.78 is 12.1. The number of aromatic nitrogens is 1. The molecule has 6 rings (SSSR count). The van der Waals surface area contributed by atoms with Crippen molar-refractivity contribution in [1.29, 1.82) is 0 Å². The maximum atomic E-state index is 12.5.